The first kappa shape index (κ1) is 40.4. The lowest BCUT2D eigenvalue weighted by Gasteiger charge is -2.27. The van der Waals surface area contributed by atoms with Gasteiger partial charge in [-0.15, -0.1) is 0 Å². The van der Waals surface area contributed by atoms with Crippen LogP contribution in [0.4, 0.5) is 0 Å². The van der Waals surface area contributed by atoms with Crippen molar-refractivity contribution in [3.8, 4) is 0 Å². The van der Waals surface area contributed by atoms with Crippen molar-refractivity contribution in [3.63, 3.8) is 0 Å². The average molecular weight is 775 g/mol. The molecule has 8 atom stereocenters. The average Bonchev–Trinajstić information content (AvgIpc) is 3.76. The van der Waals surface area contributed by atoms with E-state index in [1.54, 1.807) is 0 Å². The molecule has 7 rings (SSSR count). The first-order valence-electron chi connectivity index (χ1n) is 19.4. The molecular weight excluding hydrogens is 725 g/mol. The predicted molar refractivity (Wildman–Crippen MR) is 211 cm³/mol. The molecule has 5 aromatic carbocycles. The quantitative estimate of drug-likeness (QED) is 0.0737. The zero-order valence-corrected chi connectivity index (χ0v) is 32.1. The normalized spacial score (nSPS) is 24.4. The number of carbonyl (C=O) groups is 1. The lowest BCUT2D eigenvalue weighted by Crippen LogP contribution is -2.42. The third kappa shape index (κ3) is 11.9. The van der Waals surface area contributed by atoms with Gasteiger partial charge in [-0.25, -0.2) is 0 Å². The molecule has 57 heavy (non-hydrogen) atoms. The molecule has 2 aliphatic rings. The van der Waals surface area contributed by atoms with Crippen molar-refractivity contribution in [2.45, 2.75) is 89.2 Å². The Kier molecular flexibility index (Phi) is 15.0. The van der Waals surface area contributed by atoms with Crippen LogP contribution in [0.15, 0.2) is 152 Å². The largest absolute Gasteiger partial charge is 0.433 e. The molecule has 298 valence electrons. The Balaban J connectivity index is 1.11. The van der Waals surface area contributed by atoms with Crippen molar-refractivity contribution in [2.24, 2.45) is 0 Å². The van der Waals surface area contributed by atoms with E-state index in [1.807, 2.05) is 152 Å². The predicted octanol–water partition coefficient (Wildman–Crippen LogP) is 7.57. The van der Waals surface area contributed by atoms with Gasteiger partial charge in [0, 0.05) is 6.92 Å². The van der Waals surface area contributed by atoms with E-state index < -0.39 is 55.2 Å². The van der Waals surface area contributed by atoms with Gasteiger partial charge in [-0.2, -0.15) is 0 Å². The van der Waals surface area contributed by atoms with Gasteiger partial charge in [-0.1, -0.05) is 152 Å². The second-order valence-electron chi connectivity index (χ2n) is 14.1. The number of carbonyl (C=O) groups excluding carboxylic acids is 1. The van der Waals surface area contributed by atoms with Gasteiger partial charge >= 0.3 is 5.97 Å². The van der Waals surface area contributed by atoms with Gasteiger partial charge in [-0.3, -0.25) is 4.79 Å². The second kappa shape index (κ2) is 21.1. The van der Waals surface area contributed by atoms with Crippen LogP contribution < -0.4 is 0 Å². The van der Waals surface area contributed by atoms with Crippen LogP contribution in [0.25, 0.3) is 0 Å². The Labute approximate surface area is 334 Å². The van der Waals surface area contributed by atoms with Crippen molar-refractivity contribution < 1.29 is 47.4 Å². The standard InChI is InChI=1S/C47H50O10/c1-34(48)55-47-45(53-31-39-25-15-6-16-26-39)43(51-29-37-21-11-4-12-22-37)41(57-47)33-54-46-44(52-30-38-23-13-5-14-24-38)42(50-28-36-19-9-3-10-20-36)40(56-46)32-49-27-35-17-7-2-8-18-35/h2-26,40-47H,27-33H2,1H3/t40-,41-,42-,43-,44+,45+,46-,47+/m1/s1. The zero-order chi connectivity index (χ0) is 39.1. The number of benzene rings is 5. The van der Waals surface area contributed by atoms with E-state index in [1.165, 1.54) is 6.92 Å². The molecule has 0 amide bonds. The van der Waals surface area contributed by atoms with Crippen molar-refractivity contribution in [3.05, 3.63) is 179 Å². The summed E-state index contributed by atoms with van der Waals surface area (Å²) >= 11 is 0. The first-order chi connectivity index (χ1) is 28.1. The van der Waals surface area contributed by atoms with Gasteiger partial charge in [-0.05, 0) is 27.8 Å². The number of hydrogen-bond donors (Lipinski definition) is 0. The Morgan fingerprint density at radius 3 is 1.16 bits per heavy atom. The monoisotopic (exact) mass is 774 g/mol. The maximum atomic E-state index is 12.3. The fourth-order valence-electron chi connectivity index (χ4n) is 6.92. The minimum absolute atomic E-state index is 0.0152. The molecule has 10 heteroatoms. The fourth-order valence-corrected chi connectivity index (χ4v) is 6.92. The second-order valence-corrected chi connectivity index (χ2v) is 14.1. The van der Waals surface area contributed by atoms with Gasteiger partial charge in [0.05, 0.1) is 46.2 Å². The summed E-state index contributed by atoms with van der Waals surface area (Å²) in [5.74, 6) is -0.498. The summed E-state index contributed by atoms with van der Waals surface area (Å²) in [5, 5.41) is 0. The lowest BCUT2D eigenvalue weighted by atomic mass is 10.1. The molecule has 0 N–H and O–H groups in total. The van der Waals surface area contributed by atoms with Crippen LogP contribution in [0.5, 0.6) is 0 Å². The van der Waals surface area contributed by atoms with Gasteiger partial charge in [0.15, 0.2) is 6.29 Å². The van der Waals surface area contributed by atoms with Crippen LogP contribution in [0.3, 0.4) is 0 Å². The highest BCUT2D eigenvalue weighted by atomic mass is 16.8. The molecule has 5 aromatic rings. The molecule has 0 unspecified atom stereocenters. The summed E-state index contributed by atoms with van der Waals surface area (Å²) < 4.78 is 57.8. The minimum Gasteiger partial charge on any atom is -0.433 e. The molecule has 0 radical (unpaired) electrons. The highest BCUT2D eigenvalue weighted by Crippen LogP contribution is 2.33. The molecule has 0 saturated carbocycles. The molecule has 2 fully saturated rings. The van der Waals surface area contributed by atoms with E-state index in [-0.39, 0.29) is 26.4 Å². The molecule has 10 nitrogen and oxygen atoms in total. The summed E-state index contributed by atoms with van der Waals surface area (Å²) in [4.78, 5) is 12.3. The number of hydrogen-bond acceptors (Lipinski definition) is 10. The van der Waals surface area contributed by atoms with Gasteiger partial charge < -0.3 is 42.6 Å². The third-order valence-corrected chi connectivity index (χ3v) is 9.78. The van der Waals surface area contributed by atoms with Crippen molar-refractivity contribution in [1.29, 1.82) is 0 Å². The molecule has 2 saturated heterocycles. The fraction of sp³-hybridized carbons (Fsp3) is 0.340. The van der Waals surface area contributed by atoms with Crippen LogP contribution in [-0.2, 0) is 80.5 Å². The molecule has 0 spiro atoms. The Hall–Kier alpha value is -4.75. The van der Waals surface area contributed by atoms with Crippen LogP contribution in [0.1, 0.15) is 34.7 Å². The summed E-state index contributed by atoms with van der Waals surface area (Å²) in [6.07, 6.45) is -5.71. The van der Waals surface area contributed by atoms with E-state index in [0.29, 0.717) is 19.8 Å². The molecule has 2 aliphatic heterocycles. The third-order valence-electron chi connectivity index (χ3n) is 9.78. The molecular formula is C47H50O10. The molecule has 0 aromatic heterocycles. The van der Waals surface area contributed by atoms with E-state index in [0.717, 1.165) is 27.8 Å². The molecule has 2 heterocycles. The topological polar surface area (TPSA) is 100 Å². The van der Waals surface area contributed by atoms with Crippen molar-refractivity contribution >= 4 is 5.97 Å². The summed E-state index contributed by atoms with van der Waals surface area (Å²) in [6.45, 7) is 3.20. The van der Waals surface area contributed by atoms with Gasteiger partial charge in [0.1, 0.15) is 36.6 Å². The van der Waals surface area contributed by atoms with Crippen molar-refractivity contribution in [1.82, 2.24) is 0 Å². The number of rotatable bonds is 20. The highest BCUT2D eigenvalue weighted by Gasteiger charge is 2.51. The van der Waals surface area contributed by atoms with Crippen LogP contribution >= 0.6 is 0 Å². The van der Waals surface area contributed by atoms with Gasteiger partial charge in [0.2, 0.25) is 6.29 Å². The minimum atomic E-state index is -1.03. The molecule has 0 aliphatic carbocycles. The van der Waals surface area contributed by atoms with Crippen molar-refractivity contribution in [2.75, 3.05) is 13.2 Å². The number of esters is 1. The summed E-state index contributed by atoms with van der Waals surface area (Å²) in [7, 11) is 0. The summed E-state index contributed by atoms with van der Waals surface area (Å²) in [5.41, 5.74) is 5.00. The van der Waals surface area contributed by atoms with Crippen LogP contribution in [0.2, 0.25) is 0 Å². The zero-order valence-electron chi connectivity index (χ0n) is 32.1. The van der Waals surface area contributed by atoms with E-state index >= 15 is 0 Å². The number of ether oxygens (including phenoxy) is 9. The van der Waals surface area contributed by atoms with E-state index in [4.69, 9.17) is 42.6 Å². The Morgan fingerprint density at radius 2 is 0.754 bits per heavy atom. The summed E-state index contributed by atoms with van der Waals surface area (Å²) in [6, 6.07) is 49.6. The van der Waals surface area contributed by atoms with E-state index in [2.05, 4.69) is 0 Å². The first-order valence-corrected chi connectivity index (χ1v) is 19.4. The van der Waals surface area contributed by atoms with E-state index in [9.17, 15) is 4.79 Å². The lowest BCUT2D eigenvalue weighted by molar-refractivity contribution is -0.216. The maximum absolute atomic E-state index is 12.3. The van der Waals surface area contributed by atoms with Crippen LogP contribution in [0, 0.1) is 0 Å². The Morgan fingerprint density at radius 1 is 0.421 bits per heavy atom. The smallest absolute Gasteiger partial charge is 0.305 e. The highest BCUT2D eigenvalue weighted by molar-refractivity contribution is 5.66. The van der Waals surface area contributed by atoms with Crippen LogP contribution in [-0.4, -0.2) is 68.4 Å². The maximum Gasteiger partial charge on any atom is 0.305 e. The van der Waals surface area contributed by atoms with Gasteiger partial charge in [0.25, 0.3) is 0 Å². The Bertz CT molecular complexity index is 1880. The SMILES string of the molecule is CC(=O)O[C@H]1O[C@H](CO[C@@H]2O[C@H](COCc3ccccc3)[C@@H](OCc3ccccc3)[C@@H]2OCc2ccccc2)[C@@H](OCc2ccccc2)[C@@H]1OCc1ccccc1. The molecule has 0 bridgehead atoms.